The molecule has 0 spiro atoms. The molecule has 0 atom stereocenters. The molecule has 31 heavy (non-hydrogen) atoms. The van der Waals surface area contributed by atoms with Crippen LogP contribution in [0.5, 0.6) is 0 Å². The summed E-state index contributed by atoms with van der Waals surface area (Å²) in [6, 6.07) is 21.9. The summed E-state index contributed by atoms with van der Waals surface area (Å²) in [6.07, 6.45) is 0. The average Bonchev–Trinajstić information content (AvgIpc) is 3.35. The van der Waals surface area contributed by atoms with E-state index in [4.69, 9.17) is 8.83 Å². The molecular formula is C26H19NO4. The molecule has 5 heteroatoms. The third-order valence-corrected chi connectivity index (χ3v) is 5.36. The van der Waals surface area contributed by atoms with Crippen LogP contribution in [0.15, 0.2) is 81.6 Å². The molecular weight excluding hydrogens is 390 g/mol. The lowest BCUT2D eigenvalue weighted by Crippen LogP contribution is -2.10. The summed E-state index contributed by atoms with van der Waals surface area (Å²) < 4.78 is 11.5. The second-order valence-corrected chi connectivity index (χ2v) is 7.56. The minimum atomic E-state index is -0.340. The van der Waals surface area contributed by atoms with Gasteiger partial charge in [0.05, 0.1) is 0 Å². The first-order valence-corrected chi connectivity index (χ1v) is 9.94. The van der Waals surface area contributed by atoms with Crippen molar-refractivity contribution in [1.29, 1.82) is 0 Å². The Morgan fingerprint density at radius 3 is 2.35 bits per heavy atom. The second kappa shape index (κ2) is 7.29. The minimum absolute atomic E-state index is 0.165. The molecule has 0 aliphatic heterocycles. The molecule has 0 unspecified atom stereocenters. The number of anilines is 1. The molecule has 0 radical (unpaired) electrons. The summed E-state index contributed by atoms with van der Waals surface area (Å²) in [5.41, 5.74) is 4.24. The molecule has 1 N–H and O–H groups in total. The largest absolute Gasteiger partial charge is 0.452 e. The van der Waals surface area contributed by atoms with Crippen LogP contribution in [0.3, 0.4) is 0 Å². The molecule has 2 heterocycles. The molecule has 5 rings (SSSR count). The summed E-state index contributed by atoms with van der Waals surface area (Å²) in [6.45, 7) is 3.82. The van der Waals surface area contributed by atoms with E-state index in [1.165, 1.54) is 0 Å². The molecule has 152 valence electrons. The highest BCUT2D eigenvalue weighted by molar-refractivity contribution is 6.11. The van der Waals surface area contributed by atoms with Crippen molar-refractivity contribution in [3.63, 3.8) is 0 Å². The predicted molar refractivity (Wildman–Crippen MR) is 120 cm³/mol. The van der Waals surface area contributed by atoms with Crippen LogP contribution >= 0.6 is 0 Å². The predicted octanol–water partition coefficient (Wildman–Crippen LogP) is 6.28. The molecule has 0 fully saturated rings. The zero-order valence-corrected chi connectivity index (χ0v) is 17.1. The lowest BCUT2D eigenvalue weighted by molar-refractivity contribution is 0.0995. The van der Waals surface area contributed by atoms with Gasteiger partial charge < -0.3 is 14.2 Å². The van der Waals surface area contributed by atoms with E-state index in [1.807, 2.05) is 50.2 Å². The van der Waals surface area contributed by atoms with Crippen LogP contribution in [-0.4, -0.2) is 11.7 Å². The average molecular weight is 409 g/mol. The van der Waals surface area contributed by atoms with Crippen molar-refractivity contribution in [2.75, 3.05) is 5.32 Å². The molecule has 0 saturated heterocycles. The first kappa shape index (κ1) is 18.9. The van der Waals surface area contributed by atoms with Gasteiger partial charge in [-0.1, -0.05) is 48.0 Å². The third-order valence-electron chi connectivity index (χ3n) is 5.36. The lowest BCUT2D eigenvalue weighted by Gasteiger charge is -2.03. The number of fused-ring (bicyclic) bond motifs is 2. The third kappa shape index (κ3) is 3.40. The van der Waals surface area contributed by atoms with Gasteiger partial charge in [-0.3, -0.25) is 9.59 Å². The summed E-state index contributed by atoms with van der Waals surface area (Å²) in [5.74, 6) is 0.0364. The Hall–Kier alpha value is -4.12. The summed E-state index contributed by atoms with van der Waals surface area (Å²) >= 11 is 0. The maximum absolute atomic E-state index is 12.9. The van der Waals surface area contributed by atoms with Gasteiger partial charge in [-0.15, -0.1) is 0 Å². The molecule has 0 saturated carbocycles. The number of ketones is 1. The zero-order valence-electron chi connectivity index (χ0n) is 17.1. The smallest absolute Gasteiger partial charge is 0.291 e. The van der Waals surface area contributed by atoms with Crippen LogP contribution in [0.2, 0.25) is 0 Å². The van der Waals surface area contributed by atoms with Crippen molar-refractivity contribution >= 4 is 39.3 Å². The van der Waals surface area contributed by atoms with Gasteiger partial charge in [-0.2, -0.15) is 0 Å². The Kier molecular flexibility index (Phi) is 4.44. The molecule has 1 amide bonds. The maximum Gasteiger partial charge on any atom is 0.291 e. The van der Waals surface area contributed by atoms with Crippen LogP contribution < -0.4 is 5.32 Å². The number of para-hydroxylation sites is 1. The quantitative estimate of drug-likeness (QED) is 0.355. The van der Waals surface area contributed by atoms with Gasteiger partial charge in [0.2, 0.25) is 5.78 Å². The number of hydrogen-bond acceptors (Lipinski definition) is 4. The topological polar surface area (TPSA) is 72.5 Å². The number of carbonyl (C=O) groups is 2. The number of hydrogen-bond donors (Lipinski definition) is 1. The Balaban J connectivity index is 1.44. The first-order valence-electron chi connectivity index (χ1n) is 9.94. The van der Waals surface area contributed by atoms with Crippen molar-refractivity contribution in [1.82, 2.24) is 0 Å². The fourth-order valence-electron chi connectivity index (χ4n) is 3.64. The summed E-state index contributed by atoms with van der Waals surface area (Å²) in [7, 11) is 0. The molecule has 5 nitrogen and oxygen atoms in total. The van der Waals surface area contributed by atoms with Crippen molar-refractivity contribution in [3.8, 4) is 0 Å². The normalized spacial score (nSPS) is 11.2. The van der Waals surface area contributed by atoms with E-state index in [0.29, 0.717) is 28.2 Å². The highest BCUT2D eigenvalue weighted by Gasteiger charge is 2.20. The first-order chi connectivity index (χ1) is 15.0. The fourth-order valence-corrected chi connectivity index (χ4v) is 3.64. The Morgan fingerprint density at radius 2 is 1.58 bits per heavy atom. The van der Waals surface area contributed by atoms with E-state index in [0.717, 1.165) is 21.9 Å². The number of benzene rings is 3. The highest BCUT2D eigenvalue weighted by Crippen LogP contribution is 2.30. The van der Waals surface area contributed by atoms with Crippen LogP contribution in [0.4, 0.5) is 5.69 Å². The lowest BCUT2D eigenvalue weighted by atomic mass is 10.0. The van der Waals surface area contributed by atoms with Gasteiger partial charge in [-0.25, -0.2) is 0 Å². The van der Waals surface area contributed by atoms with Crippen molar-refractivity contribution < 1.29 is 18.4 Å². The number of rotatable bonds is 4. The van der Waals surface area contributed by atoms with Crippen molar-refractivity contribution in [2.45, 2.75) is 13.8 Å². The van der Waals surface area contributed by atoms with Crippen molar-refractivity contribution in [3.05, 3.63) is 101 Å². The summed E-state index contributed by atoms with van der Waals surface area (Å²) in [4.78, 5) is 25.6. The monoisotopic (exact) mass is 409 g/mol. The van der Waals surface area contributed by atoms with E-state index in [9.17, 15) is 9.59 Å². The number of aryl methyl sites for hydroxylation is 2. The fraction of sp³-hybridized carbons (Fsp3) is 0.0769. The highest BCUT2D eigenvalue weighted by atomic mass is 16.3. The number of furan rings is 2. The van der Waals surface area contributed by atoms with E-state index in [1.54, 1.807) is 36.4 Å². The molecule has 2 aromatic heterocycles. The zero-order chi connectivity index (χ0) is 21.5. The van der Waals surface area contributed by atoms with Gasteiger partial charge in [0.15, 0.2) is 11.5 Å². The van der Waals surface area contributed by atoms with E-state index in [2.05, 4.69) is 5.32 Å². The van der Waals surface area contributed by atoms with Gasteiger partial charge in [0.25, 0.3) is 5.91 Å². The van der Waals surface area contributed by atoms with Gasteiger partial charge in [-0.05, 0) is 44.2 Å². The van der Waals surface area contributed by atoms with Crippen LogP contribution in [0.1, 0.15) is 37.8 Å². The SMILES string of the molecule is Cc1ccc(C(=O)c2oc3ccc(NC(=O)c4cc5ccccc5o4)cc3c2C)cc1. The molecule has 0 bridgehead atoms. The van der Waals surface area contributed by atoms with Gasteiger partial charge in [0, 0.05) is 27.6 Å². The van der Waals surface area contributed by atoms with Crippen molar-refractivity contribution in [2.24, 2.45) is 0 Å². The Bertz CT molecular complexity index is 1420. The van der Waals surface area contributed by atoms with E-state index in [-0.39, 0.29) is 17.5 Å². The van der Waals surface area contributed by atoms with E-state index >= 15 is 0 Å². The molecule has 0 aliphatic rings. The van der Waals surface area contributed by atoms with Gasteiger partial charge in [0.1, 0.15) is 11.2 Å². The van der Waals surface area contributed by atoms with Gasteiger partial charge >= 0.3 is 0 Å². The van der Waals surface area contributed by atoms with E-state index < -0.39 is 0 Å². The number of amides is 1. The number of nitrogens with one attached hydrogen (secondary N) is 1. The van der Waals surface area contributed by atoms with Crippen LogP contribution in [0.25, 0.3) is 21.9 Å². The van der Waals surface area contributed by atoms with Crippen LogP contribution in [-0.2, 0) is 0 Å². The Morgan fingerprint density at radius 1 is 0.806 bits per heavy atom. The molecule has 3 aromatic carbocycles. The maximum atomic E-state index is 12.9. The second-order valence-electron chi connectivity index (χ2n) is 7.56. The number of carbonyl (C=O) groups excluding carboxylic acids is 2. The molecule has 5 aromatic rings. The molecule has 0 aliphatic carbocycles. The van der Waals surface area contributed by atoms with Crippen LogP contribution in [0, 0.1) is 13.8 Å². The summed E-state index contributed by atoms with van der Waals surface area (Å²) in [5, 5.41) is 4.50. The minimum Gasteiger partial charge on any atom is -0.452 e. The standard InChI is InChI=1S/C26H19NO4/c1-15-7-9-17(10-8-15)24(28)25-16(2)20-14-19(11-12-22(20)31-25)27-26(29)23-13-18-5-3-4-6-21(18)30-23/h3-14H,1-2H3,(H,27,29). The Labute approximate surface area is 178 Å².